The standard InChI is InChI=1S/C22H21ClN2O3/c1-4-11-28-20-10-9-16(13-21(20)27-5-2)12-17(14-24)22(26)25-19-8-6-7-18(23)15(19)3/h4,6-10,12-13H,1,5,11H2,2-3H3,(H,25,26)/b17-12+. The Hall–Kier alpha value is -3.23. The molecule has 0 unspecified atom stereocenters. The van der Waals surface area contributed by atoms with Crippen LogP contribution in [0.15, 0.2) is 54.6 Å². The zero-order chi connectivity index (χ0) is 20.5. The molecule has 0 radical (unpaired) electrons. The van der Waals surface area contributed by atoms with Crippen LogP contribution in [0.3, 0.4) is 0 Å². The van der Waals surface area contributed by atoms with E-state index in [4.69, 9.17) is 21.1 Å². The number of hydrogen-bond donors (Lipinski definition) is 1. The van der Waals surface area contributed by atoms with E-state index >= 15 is 0 Å². The molecule has 5 nitrogen and oxygen atoms in total. The lowest BCUT2D eigenvalue weighted by Gasteiger charge is -2.12. The van der Waals surface area contributed by atoms with Gasteiger partial charge in [0.1, 0.15) is 18.2 Å². The summed E-state index contributed by atoms with van der Waals surface area (Å²) in [5.74, 6) is 0.579. The molecular formula is C22H21ClN2O3. The van der Waals surface area contributed by atoms with Gasteiger partial charge >= 0.3 is 0 Å². The van der Waals surface area contributed by atoms with E-state index in [1.807, 2.05) is 13.0 Å². The predicted molar refractivity (Wildman–Crippen MR) is 112 cm³/mol. The van der Waals surface area contributed by atoms with E-state index in [1.54, 1.807) is 49.4 Å². The Morgan fingerprint density at radius 1 is 1.29 bits per heavy atom. The Morgan fingerprint density at radius 2 is 2.07 bits per heavy atom. The van der Waals surface area contributed by atoms with Crippen molar-refractivity contribution < 1.29 is 14.3 Å². The molecule has 0 atom stereocenters. The minimum absolute atomic E-state index is 0.0402. The number of rotatable bonds is 8. The van der Waals surface area contributed by atoms with Crippen molar-refractivity contribution in [1.29, 1.82) is 5.26 Å². The molecule has 0 aliphatic heterocycles. The smallest absolute Gasteiger partial charge is 0.266 e. The summed E-state index contributed by atoms with van der Waals surface area (Å²) in [6.45, 7) is 8.08. The van der Waals surface area contributed by atoms with Gasteiger partial charge < -0.3 is 14.8 Å². The van der Waals surface area contributed by atoms with Gasteiger partial charge in [-0.1, -0.05) is 36.4 Å². The van der Waals surface area contributed by atoms with E-state index in [0.717, 1.165) is 5.56 Å². The fourth-order valence-electron chi connectivity index (χ4n) is 2.40. The molecule has 6 heteroatoms. The van der Waals surface area contributed by atoms with E-state index in [0.29, 0.717) is 41.0 Å². The van der Waals surface area contributed by atoms with Crippen LogP contribution in [-0.2, 0) is 4.79 Å². The summed E-state index contributed by atoms with van der Waals surface area (Å²) < 4.78 is 11.1. The molecule has 0 saturated heterocycles. The van der Waals surface area contributed by atoms with E-state index < -0.39 is 5.91 Å². The highest BCUT2D eigenvalue weighted by Crippen LogP contribution is 2.30. The van der Waals surface area contributed by atoms with Crippen LogP contribution in [0.5, 0.6) is 11.5 Å². The van der Waals surface area contributed by atoms with Crippen molar-refractivity contribution in [2.75, 3.05) is 18.5 Å². The average molecular weight is 397 g/mol. The van der Waals surface area contributed by atoms with Gasteiger partial charge in [-0.2, -0.15) is 5.26 Å². The molecule has 0 saturated carbocycles. The summed E-state index contributed by atoms with van der Waals surface area (Å²) in [6, 6.07) is 12.3. The van der Waals surface area contributed by atoms with Gasteiger partial charge in [-0.05, 0) is 55.3 Å². The van der Waals surface area contributed by atoms with Crippen LogP contribution in [-0.4, -0.2) is 19.1 Å². The number of carbonyl (C=O) groups is 1. The number of ether oxygens (including phenoxy) is 2. The highest BCUT2D eigenvalue weighted by atomic mass is 35.5. The largest absolute Gasteiger partial charge is 0.490 e. The van der Waals surface area contributed by atoms with Crippen molar-refractivity contribution in [3.8, 4) is 17.6 Å². The lowest BCUT2D eigenvalue weighted by Crippen LogP contribution is -2.14. The molecule has 0 aliphatic carbocycles. The topological polar surface area (TPSA) is 71.3 Å². The molecule has 2 rings (SSSR count). The van der Waals surface area contributed by atoms with Gasteiger partial charge in [-0.15, -0.1) is 0 Å². The van der Waals surface area contributed by atoms with Gasteiger partial charge in [0.05, 0.1) is 6.61 Å². The van der Waals surface area contributed by atoms with Gasteiger partial charge in [0.2, 0.25) is 0 Å². The average Bonchev–Trinajstić information content (AvgIpc) is 2.69. The summed E-state index contributed by atoms with van der Waals surface area (Å²) in [4.78, 5) is 12.5. The van der Waals surface area contributed by atoms with E-state index in [9.17, 15) is 10.1 Å². The summed E-state index contributed by atoms with van der Waals surface area (Å²) in [6.07, 6.45) is 3.13. The minimum atomic E-state index is -0.516. The van der Waals surface area contributed by atoms with Crippen LogP contribution in [0.25, 0.3) is 6.08 Å². The van der Waals surface area contributed by atoms with Crippen LogP contribution in [0.4, 0.5) is 5.69 Å². The lowest BCUT2D eigenvalue weighted by atomic mass is 10.1. The number of nitrogens with zero attached hydrogens (tertiary/aromatic N) is 1. The molecule has 0 fully saturated rings. The Kier molecular flexibility index (Phi) is 7.67. The zero-order valence-corrected chi connectivity index (χ0v) is 16.5. The van der Waals surface area contributed by atoms with Crippen LogP contribution in [0.1, 0.15) is 18.1 Å². The number of anilines is 1. The maximum atomic E-state index is 12.5. The van der Waals surface area contributed by atoms with Crippen molar-refractivity contribution in [2.24, 2.45) is 0 Å². The predicted octanol–water partition coefficient (Wildman–Crippen LogP) is 5.16. The minimum Gasteiger partial charge on any atom is -0.490 e. The van der Waals surface area contributed by atoms with Crippen molar-refractivity contribution in [2.45, 2.75) is 13.8 Å². The summed E-state index contributed by atoms with van der Waals surface area (Å²) in [7, 11) is 0. The Labute approximate surface area is 169 Å². The van der Waals surface area contributed by atoms with Crippen molar-refractivity contribution in [3.63, 3.8) is 0 Å². The summed E-state index contributed by atoms with van der Waals surface area (Å²) in [5, 5.41) is 12.7. The second-order valence-corrected chi connectivity index (χ2v) is 6.18. The van der Waals surface area contributed by atoms with Crippen LogP contribution in [0.2, 0.25) is 5.02 Å². The highest BCUT2D eigenvalue weighted by molar-refractivity contribution is 6.31. The van der Waals surface area contributed by atoms with Crippen molar-refractivity contribution >= 4 is 29.3 Å². The number of nitriles is 1. The Bertz CT molecular complexity index is 945. The molecule has 2 aromatic rings. The molecule has 28 heavy (non-hydrogen) atoms. The van der Waals surface area contributed by atoms with E-state index in [2.05, 4.69) is 11.9 Å². The lowest BCUT2D eigenvalue weighted by molar-refractivity contribution is -0.112. The molecule has 0 aromatic heterocycles. The number of benzene rings is 2. The Morgan fingerprint density at radius 3 is 2.75 bits per heavy atom. The van der Waals surface area contributed by atoms with Gasteiger partial charge in [-0.3, -0.25) is 4.79 Å². The third-order valence-electron chi connectivity index (χ3n) is 3.82. The SMILES string of the molecule is C=CCOc1ccc(/C=C(\C#N)C(=O)Nc2cccc(Cl)c2C)cc1OCC. The second-order valence-electron chi connectivity index (χ2n) is 5.78. The van der Waals surface area contributed by atoms with Crippen LogP contribution >= 0.6 is 11.6 Å². The van der Waals surface area contributed by atoms with Gasteiger partial charge in [-0.25, -0.2) is 0 Å². The fourth-order valence-corrected chi connectivity index (χ4v) is 2.57. The van der Waals surface area contributed by atoms with E-state index in [1.165, 1.54) is 6.08 Å². The molecule has 0 heterocycles. The highest BCUT2D eigenvalue weighted by Gasteiger charge is 2.13. The normalized spacial score (nSPS) is 10.7. The first-order valence-electron chi connectivity index (χ1n) is 8.69. The van der Waals surface area contributed by atoms with Gasteiger partial charge in [0, 0.05) is 10.7 Å². The van der Waals surface area contributed by atoms with Crippen molar-refractivity contribution in [3.05, 3.63) is 70.8 Å². The number of amides is 1. The quantitative estimate of drug-likeness (QED) is 0.380. The molecular weight excluding hydrogens is 376 g/mol. The fraction of sp³-hybridized carbons (Fsp3) is 0.182. The first-order valence-corrected chi connectivity index (χ1v) is 9.06. The molecule has 0 bridgehead atoms. The number of halogens is 1. The van der Waals surface area contributed by atoms with Crippen molar-refractivity contribution in [1.82, 2.24) is 0 Å². The summed E-state index contributed by atoms with van der Waals surface area (Å²) in [5.41, 5.74) is 1.89. The van der Waals surface area contributed by atoms with E-state index in [-0.39, 0.29) is 5.57 Å². The van der Waals surface area contributed by atoms with Gasteiger partial charge in [0.25, 0.3) is 5.91 Å². The molecule has 1 amide bonds. The first-order chi connectivity index (χ1) is 13.5. The number of hydrogen-bond acceptors (Lipinski definition) is 4. The summed E-state index contributed by atoms with van der Waals surface area (Å²) >= 11 is 6.08. The first kappa shape index (κ1) is 21.1. The van der Waals surface area contributed by atoms with Crippen LogP contribution < -0.4 is 14.8 Å². The zero-order valence-electron chi connectivity index (χ0n) is 15.8. The third-order valence-corrected chi connectivity index (χ3v) is 4.23. The monoisotopic (exact) mass is 396 g/mol. The maximum Gasteiger partial charge on any atom is 0.266 e. The molecule has 144 valence electrons. The number of carbonyl (C=O) groups excluding carboxylic acids is 1. The molecule has 2 aromatic carbocycles. The molecule has 1 N–H and O–H groups in total. The molecule has 0 spiro atoms. The number of nitrogens with one attached hydrogen (secondary N) is 1. The third kappa shape index (κ3) is 5.38. The molecule has 0 aliphatic rings. The Balaban J connectivity index is 2.28. The second kappa shape index (κ2) is 10.2. The van der Waals surface area contributed by atoms with Gasteiger partial charge in [0.15, 0.2) is 11.5 Å². The maximum absolute atomic E-state index is 12.5. The van der Waals surface area contributed by atoms with Crippen LogP contribution in [0, 0.1) is 18.3 Å².